The number of allylic oxidation sites excluding steroid dienone is 1. The fourth-order valence-electron chi connectivity index (χ4n) is 2.93. The third-order valence-corrected chi connectivity index (χ3v) is 5.91. The summed E-state index contributed by atoms with van der Waals surface area (Å²) in [7, 11) is 0. The molecule has 1 amide bonds. The predicted octanol–water partition coefficient (Wildman–Crippen LogP) is 3.89. The number of carboxylic acids is 1. The smallest absolute Gasteiger partial charge is 0.312 e. The molecule has 0 fully saturated rings. The summed E-state index contributed by atoms with van der Waals surface area (Å²) < 4.78 is 5.35. The fourth-order valence-corrected chi connectivity index (χ4v) is 3.05. The Morgan fingerprint density at radius 3 is 2.09 bits per heavy atom. The van der Waals surface area contributed by atoms with Gasteiger partial charge in [0.1, 0.15) is 12.7 Å². The van der Waals surface area contributed by atoms with E-state index in [4.69, 9.17) is 10.5 Å². The molecule has 0 aromatic carbocycles. The number of carboxylic acid groups (broad SMARTS) is 1. The van der Waals surface area contributed by atoms with Gasteiger partial charge in [-0.25, -0.2) is 0 Å². The highest BCUT2D eigenvalue weighted by molar-refractivity contribution is 7.83. The molecule has 0 aliphatic carbocycles. The van der Waals surface area contributed by atoms with Crippen molar-refractivity contribution in [1.29, 1.82) is 0 Å². The van der Waals surface area contributed by atoms with Crippen molar-refractivity contribution >= 4 is 30.5 Å². The molecule has 4 N–H and O–H groups in total. The minimum Gasteiger partial charge on any atom is -0.481 e. The van der Waals surface area contributed by atoms with E-state index in [1.807, 2.05) is 48.5 Å². The standard InChI is InChI=1S/C21H38N2O6S.C2H6.C2H4/c1-6-21(5,20(2,3)4)19(28)29-14-16(24)13-23(10-9-22)17(25)12-15(18(26)27)8-7-11-30;2*1-2/h7,11,15-16,24,30H,6,8-10,12-14,22H2,1-5H3,(H,26,27);1-2H3;1-2H2/b11-7+;;. The van der Waals surface area contributed by atoms with Gasteiger partial charge in [-0.1, -0.05) is 47.6 Å². The third kappa shape index (κ3) is 13.2. The first kappa shape index (κ1) is 36.7. The number of aliphatic hydroxyl groups is 1. The van der Waals surface area contributed by atoms with Crippen LogP contribution in [0.4, 0.5) is 0 Å². The highest BCUT2D eigenvalue weighted by Gasteiger charge is 2.44. The van der Waals surface area contributed by atoms with Crippen molar-refractivity contribution in [2.75, 3.05) is 26.2 Å². The molecule has 0 spiro atoms. The summed E-state index contributed by atoms with van der Waals surface area (Å²) in [5.74, 6) is -2.82. The summed E-state index contributed by atoms with van der Waals surface area (Å²) in [6.45, 7) is 19.6. The number of ether oxygens (including phenoxy) is 1. The summed E-state index contributed by atoms with van der Waals surface area (Å²) in [5, 5.41) is 21.0. The van der Waals surface area contributed by atoms with Gasteiger partial charge in [0.05, 0.1) is 11.3 Å². The maximum absolute atomic E-state index is 12.6. The van der Waals surface area contributed by atoms with Crippen LogP contribution in [0.15, 0.2) is 24.6 Å². The van der Waals surface area contributed by atoms with E-state index in [1.54, 1.807) is 6.08 Å². The molecule has 0 aromatic rings. The van der Waals surface area contributed by atoms with Gasteiger partial charge in [-0.15, -0.1) is 13.2 Å². The summed E-state index contributed by atoms with van der Waals surface area (Å²) in [6.07, 6.45) is 0.991. The van der Waals surface area contributed by atoms with Crippen molar-refractivity contribution in [1.82, 2.24) is 4.90 Å². The second kappa shape index (κ2) is 19.5. The summed E-state index contributed by atoms with van der Waals surface area (Å²) >= 11 is 3.90. The van der Waals surface area contributed by atoms with Gasteiger partial charge >= 0.3 is 11.9 Å². The van der Waals surface area contributed by atoms with Crippen LogP contribution in [0.2, 0.25) is 0 Å². The Morgan fingerprint density at radius 1 is 1.18 bits per heavy atom. The molecule has 0 saturated heterocycles. The van der Waals surface area contributed by atoms with Crippen LogP contribution in [0.1, 0.15) is 67.7 Å². The van der Waals surface area contributed by atoms with Crippen LogP contribution >= 0.6 is 12.6 Å². The number of amides is 1. The minimum absolute atomic E-state index is 0.101. The van der Waals surface area contributed by atoms with Gasteiger partial charge in [0, 0.05) is 26.1 Å². The zero-order valence-corrected chi connectivity index (χ0v) is 23.1. The van der Waals surface area contributed by atoms with Gasteiger partial charge in [0.15, 0.2) is 0 Å². The van der Waals surface area contributed by atoms with Gasteiger partial charge in [-0.05, 0) is 30.6 Å². The Labute approximate surface area is 212 Å². The van der Waals surface area contributed by atoms with Crippen molar-refractivity contribution in [2.45, 2.75) is 73.8 Å². The average molecular weight is 505 g/mol. The van der Waals surface area contributed by atoms with E-state index in [0.717, 1.165) is 0 Å². The molecule has 0 aromatic heterocycles. The highest BCUT2D eigenvalue weighted by Crippen LogP contribution is 2.42. The molecule has 0 radical (unpaired) electrons. The fraction of sp³-hybridized carbons (Fsp3) is 0.720. The number of esters is 1. The van der Waals surface area contributed by atoms with Crippen molar-refractivity contribution in [3.8, 4) is 0 Å². The lowest BCUT2D eigenvalue weighted by molar-refractivity contribution is -0.165. The first-order chi connectivity index (χ1) is 15.8. The van der Waals surface area contributed by atoms with Crippen LogP contribution in [-0.2, 0) is 19.1 Å². The number of hydrogen-bond acceptors (Lipinski definition) is 7. The quantitative estimate of drug-likeness (QED) is 0.170. The SMILES string of the molecule is C=C.CC.CCC(C)(C(=O)OCC(O)CN(CCN)C(=O)CC(C/C=C/S)C(=O)O)C(C)(C)C. The molecular formula is C25H48N2O6S. The Balaban J connectivity index is -0.00000227. The molecule has 0 aliphatic heterocycles. The van der Waals surface area contributed by atoms with Crippen molar-refractivity contribution in [3.63, 3.8) is 0 Å². The van der Waals surface area contributed by atoms with Crippen molar-refractivity contribution < 1.29 is 29.3 Å². The zero-order chi connectivity index (χ0) is 27.5. The largest absolute Gasteiger partial charge is 0.481 e. The number of hydrogen-bond donors (Lipinski definition) is 4. The van der Waals surface area contributed by atoms with Gasteiger partial charge in [-0.3, -0.25) is 14.4 Å². The summed E-state index contributed by atoms with van der Waals surface area (Å²) in [5.41, 5.74) is 4.53. The predicted molar refractivity (Wildman–Crippen MR) is 142 cm³/mol. The minimum atomic E-state index is -1.11. The number of nitrogens with two attached hydrogens (primary N) is 1. The molecule has 3 unspecified atom stereocenters. The zero-order valence-electron chi connectivity index (χ0n) is 22.2. The molecule has 0 saturated carbocycles. The Morgan fingerprint density at radius 2 is 1.71 bits per heavy atom. The van der Waals surface area contributed by atoms with E-state index in [0.29, 0.717) is 6.42 Å². The number of aliphatic carboxylic acids is 1. The summed E-state index contributed by atoms with van der Waals surface area (Å²) in [4.78, 5) is 37.8. The van der Waals surface area contributed by atoms with Crippen LogP contribution in [0.25, 0.3) is 0 Å². The Kier molecular flexibility index (Phi) is 21.0. The van der Waals surface area contributed by atoms with E-state index in [-0.39, 0.29) is 44.5 Å². The topological polar surface area (TPSA) is 130 Å². The second-order valence-corrected chi connectivity index (χ2v) is 8.97. The number of nitrogens with zero attached hydrogens (tertiary/aromatic N) is 1. The maximum Gasteiger partial charge on any atom is 0.312 e. The first-order valence-electron chi connectivity index (χ1n) is 11.7. The van der Waals surface area contributed by atoms with Crippen LogP contribution in [0, 0.1) is 16.7 Å². The van der Waals surface area contributed by atoms with E-state index >= 15 is 0 Å². The van der Waals surface area contributed by atoms with Gasteiger partial charge in [0.2, 0.25) is 5.91 Å². The normalized spacial score (nSPS) is 14.4. The van der Waals surface area contributed by atoms with E-state index < -0.39 is 35.3 Å². The lowest BCUT2D eigenvalue weighted by Crippen LogP contribution is -2.45. The van der Waals surface area contributed by atoms with Crippen LogP contribution < -0.4 is 5.73 Å². The Bertz CT molecular complexity index is 621. The molecule has 0 bridgehead atoms. The lowest BCUT2D eigenvalue weighted by Gasteiger charge is -2.39. The lowest BCUT2D eigenvalue weighted by atomic mass is 9.66. The molecular weight excluding hydrogens is 456 g/mol. The highest BCUT2D eigenvalue weighted by atomic mass is 32.1. The van der Waals surface area contributed by atoms with E-state index in [1.165, 1.54) is 10.3 Å². The van der Waals surface area contributed by atoms with Gasteiger partial charge in [-0.2, -0.15) is 12.6 Å². The first-order valence-corrected chi connectivity index (χ1v) is 12.2. The number of rotatable bonds is 13. The Hall–Kier alpha value is -1.84. The van der Waals surface area contributed by atoms with Crippen LogP contribution in [0.5, 0.6) is 0 Å². The maximum atomic E-state index is 12.6. The second-order valence-electron chi connectivity index (χ2n) is 8.68. The molecule has 8 nitrogen and oxygen atoms in total. The summed E-state index contributed by atoms with van der Waals surface area (Å²) in [6, 6.07) is 0. The number of carbonyl (C=O) groups excluding carboxylic acids is 2. The van der Waals surface area contributed by atoms with E-state index in [2.05, 4.69) is 25.8 Å². The van der Waals surface area contributed by atoms with Crippen LogP contribution in [-0.4, -0.2) is 65.3 Å². The molecule has 0 rings (SSSR count). The third-order valence-electron chi connectivity index (χ3n) is 5.70. The van der Waals surface area contributed by atoms with Crippen molar-refractivity contribution in [3.05, 3.63) is 24.6 Å². The van der Waals surface area contributed by atoms with Gasteiger partial charge < -0.3 is 25.6 Å². The number of thiol groups is 1. The molecule has 34 heavy (non-hydrogen) atoms. The van der Waals surface area contributed by atoms with E-state index in [9.17, 15) is 24.6 Å². The molecule has 200 valence electrons. The number of aliphatic hydroxyl groups excluding tert-OH is 1. The van der Waals surface area contributed by atoms with Crippen LogP contribution in [0.3, 0.4) is 0 Å². The molecule has 9 heteroatoms. The van der Waals surface area contributed by atoms with Gasteiger partial charge in [0.25, 0.3) is 0 Å². The molecule has 3 atom stereocenters. The number of carbonyl (C=O) groups is 3. The monoisotopic (exact) mass is 504 g/mol. The molecule has 0 heterocycles. The van der Waals surface area contributed by atoms with Crippen molar-refractivity contribution in [2.24, 2.45) is 22.5 Å². The average Bonchev–Trinajstić information content (AvgIpc) is 2.80. The molecule has 0 aliphatic rings.